The van der Waals surface area contributed by atoms with Crippen LogP contribution in [0.5, 0.6) is 0 Å². The SMILES string of the molecule is C/C=C(C)\C(F)=C(\F)C(C)OCCN(CC)CCOCC. The molecule has 124 valence electrons. The molecule has 5 heteroatoms. The van der Waals surface area contributed by atoms with Crippen LogP contribution in [0.4, 0.5) is 8.78 Å². The Bertz CT molecular complexity index is 343. The van der Waals surface area contributed by atoms with Gasteiger partial charge in [-0.05, 0) is 39.8 Å². The van der Waals surface area contributed by atoms with Gasteiger partial charge in [0, 0.05) is 19.7 Å². The number of halogens is 2. The van der Waals surface area contributed by atoms with Crippen molar-refractivity contribution in [1.29, 1.82) is 0 Å². The third-order valence-corrected chi connectivity index (χ3v) is 3.32. The van der Waals surface area contributed by atoms with Crippen LogP contribution in [0.15, 0.2) is 23.3 Å². The highest BCUT2D eigenvalue weighted by atomic mass is 19.2. The average molecular weight is 305 g/mol. The molecule has 0 aromatic heterocycles. The molecule has 0 N–H and O–H groups in total. The molecule has 3 nitrogen and oxygen atoms in total. The molecule has 0 amide bonds. The van der Waals surface area contributed by atoms with E-state index < -0.39 is 17.8 Å². The summed E-state index contributed by atoms with van der Waals surface area (Å²) in [7, 11) is 0. The Kier molecular flexibility index (Phi) is 11.4. The second kappa shape index (κ2) is 11.8. The van der Waals surface area contributed by atoms with Gasteiger partial charge in [0.05, 0.1) is 13.2 Å². The first kappa shape index (κ1) is 20.2. The van der Waals surface area contributed by atoms with E-state index in [-0.39, 0.29) is 5.57 Å². The molecule has 0 saturated heterocycles. The summed E-state index contributed by atoms with van der Waals surface area (Å²) in [6.07, 6.45) is 0.666. The summed E-state index contributed by atoms with van der Waals surface area (Å²) >= 11 is 0. The molecule has 0 aliphatic heterocycles. The summed E-state index contributed by atoms with van der Waals surface area (Å²) in [5.41, 5.74) is 0.287. The second-order valence-electron chi connectivity index (χ2n) is 4.78. The predicted molar refractivity (Wildman–Crippen MR) is 82.7 cm³/mol. The van der Waals surface area contributed by atoms with E-state index in [1.54, 1.807) is 6.92 Å². The molecule has 1 atom stereocenters. The molecule has 0 aliphatic rings. The van der Waals surface area contributed by atoms with Crippen molar-refractivity contribution in [2.45, 2.75) is 40.7 Å². The highest BCUT2D eigenvalue weighted by molar-refractivity contribution is 5.26. The molecule has 0 fully saturated rings. The minimum Gasteiger partial charge on any atom is -0.380 e. The van der Waals surface area contributed by atoms with Crippen LogP contribution >= 0.6 is 0 Å². The molecule has 1 unspecified atom stereocenters. The smallest absolute Gasteiger partial charge is 0.164 e. The van der Waals surface area contributed by atoms with Gasteiger partial charge in [0.1, 0.15) is 6.10 Å². The zero-order chi connectivity index (χ0) is 16.3. The van der Waals surface area contributed by atoms with Crippen molar-refractivity contribution < 1.29 is 18.3 Å². The Morgan fingerprint density at radius 2 is 1.81 bits per heavy atom. The van der Waals surface area contributed by atoms with Crippen LogP contribution in [0.3, 0.4) is 0 Å². The summed E-state index contributed by atoms with van der Waals surface area (Å²) < 4.78 is 38.1. The molecule has 0 radical (unpaired) electrons. The van der Waals surface area contributed by atoms with Gasteiger partial charge in [-0.15, -0.1) is 0 Å². The molecular formula is C16H29F2NO2. The van der Waals surface area contributed by atoms with E-state index in [1.807, 2.05) is 13.8 Å². The summed E-state index contributed by atoms with van der Waals surface area (Å²) in [5, 5.41) is 0. The minimum absolute atomic E-state index is 0.287. The third kappa shape index (κ3) is 8.29. The standard InChI is InChI=1S/C16H29F2NO2/c1-6-13(4)15(17)16(18)14(5)21-12-10-19(7-2)9-11-20-8-3/h6,14H,7-12H2,1-5H3/b13-6-,16-15-. The summed E-state index contributed by atoms with van der Waals surface area (Å²) in [6.45, 7) is 12.8. The fourth-order valence-corrected chi connectivity index (χ4v) is 1.69. The molecular weight excluding hydrogens is 276 g/mol. The van der Waals surface area contributed by atoms with Gasteiger partial charge in [-0.25, -0.2) is 8.78 Å². The number of allylic oxidation sites excluding steroid dienone is 3. The molecule has 0 aromatic rings. The van der Waals surface area contributed by atoms with Gasteiger partial charge in [-0.3, -0.25) is 4.90 Å². The zero-order valence-corrected chi connectivity index (χ0v) is 13.9. The normalized spacial score (nSPS) is 15.3. The van der Waals surface area contributed by atoms with Gasteiger partial charge in [0.25, 0.3) is 0 Å². The molecule has 0 saturated carbocycles. The van der Waals surface area contributed by atoms with Gasteiger partial charge < -0.3 is 9.47 Å². The van der Waals surface area contributed by atoms with Crippen molar-refractivity contribution >= 4 is 0 Å². The number of ether oxygens (including phenoxy) is 2. The lowest BCUT2D eigenvalue weighted by Crippen LogP contribution is -2.31. The van der Waals surface area contributed by atoms with Gasteiger partial charge >= 0.3 is 0 Å². The molecule has 0 bridgehead atoms. The number of hydrogen-bond donors (Lipinski definition) is 0. The monoisotopic (exact) mass is 305 g/mol. The highest BCUT2D eigenvalue weighted by Gasteiger charge is 2.16. The Labute approximate surface area is 127 Å². The Morgan fingerprint density at radius 3 is 2.33 bits per heavy atom. The number of nitrogens with zero attached hydrogens (tertiary/aromatic N) is 1. The maximum atomic E-state index is 13.8. The van der Waals surface area contributed by atoms with Crippen molar-refractivity contribution in [3.63, 3.8) is 0 Å². The topological polar surface area (TPSA) is 21.7 Å². The van der Waals surface area contributed by atoms with E-state index >= 15 is 0 Å². The van der Waals surface area contributed by atoms with Crippen LogP contribution in [-0.2, 0) is 9.47 Å². The highest BCUT2D eigenvalue weighted by Crippen LogP contribution is 2.21. The lowest BCUT2D eigenvalue weighted by Gasteiger charge is -2.21. The Hall–Kier alpha value is -0.780. The van der Waals surface area contributed by atoms with Crippen molar-refractivity contribution in [2.24, 2.45) is 0 Å². The van der Waals surface area contributed by atoms with Crippen LogP contribution in [0.1, 0.15) is 34.6 Å². The maximum absolute atomic E-state index is 13.8. The van der Waals surface area contributed by atoms with E-state index in [4.69, 9.17) is 9.47 Å². The fourth-order valence-electron chi connectivity index (χ4n) is 1.69. The van der Waals surface area contributed by atoms with Crippen LogP contribution in [0.2, 0.25) is 0 Å². The van der Waals surface area contributed by atoms with E-state index in [0.29, 0.717) is 26.4 Å². The first-order valence-electron chi connectivity index (χ1n) is 7.57. The summed E-state index contributed by atoms with van der Waals surface area (Å²) in [4.78, 5) is 2.15. The number of hydrogen-bond acceptors (Lipinski definition) is 3. The van der Waals surface area contributed by atoms with Crippen molar-refractivity contribution in [2.75, 3.05) is 39.5 Å². The fraction of sp³-hybridized carbons (Fsp3) is 0.750. The van der Waals surface area contributed by atoms with Crippen molar-refractivity contribution in [3.8, 4) is 0 Å². The second-order valence-corrected chi connectivity index (χ2v) is 4.78. The molecule has 0 aromatic carbocycles. The van der Waals surface area contributed by atoms with Gasteiger partial charge in [-0.1, -0.05) is 13.0 Å². The quantitative estimate of drug-likeness (QED) is 0.427. The van der Waals surface area contributed by atoms with Crippen LogP contribution in [0.25, 0.3) is 0 Å². The lowest BCUT2D eigenvalue weighted by molar-refractivity contribution is 0.0466. The van der Waals surface area contributed by atoms with Crippen LogP contribution in [0, 0.1) is 0 Å². The Morgan fingerprint density at radius 1 is 1.19 bits per heavy atom. The molecule has 0 rings (SSSR count). The van der Waals surface area contributed by atoms with Crippen molar-refractivity contribution in [1.82, 2.24) is 4.90 Å². The summed E-state index contributed by atoms with van der Waals surface area (Å²) in [6, 6.07) is 0. The first-order chi connectivity index (χ1) is 9.97. The average Bonchev–Trinajstić information content (AvgIpc) is 2.50. The largest absolute Gasteiger partial charge is 0.380 e. The molecule has 0 aliphatic carbocycles. The third-order valence-electron chi connectivity index (χ3n) is 3.32. The maximum Gasteiger partial charge on any atom is 0.164 e. The number of rotatable bonds is 11. The van der Waals surface area contributed by atoms with Crippen molar-refractivity contribution in [3.05, 3.63) is 23.3 Å². The lowest BCUT2D eigenvalue weighted by atomic mass is 10.2. The first-order valence-corrected chi connectivity index (χ1v) is 7.57. The summed E-state index contributed by atoms with van der Waals surface area (Å²) in [5.74, 6) is -1.67. The van der Waals surface area contributed by atoms with Gasteiger partial charge in [0.15, 0.2) is 11.7 Å². The Balaban J connectivity index is 4.20. The van der Waals surface area contributed by atoms with E-state index in [2.05, 4.69) is 4.90 Å². The van der Waals surface area contributed by atoms with Crippen LogP contribution < -0.4 is 0 Å². The molecule has 21 heavy (non-hydrogen) atoms. The molecule has 0 spiro atoms. The van der Waals surface area contributed by atoms with E-state index in [1.165, 1.54) is 19.9 Å². The van der Waals surface area contributed by atoms with Gasteiger partial charge in [0.2, 0.25) is 0 Å². The minimum atomic E-state index is -0.870. The molecule has 0 heterocycles. The van der Waals surface area contributed by atoms with E-state index in [9.17, 15) is 8.78 Å². The van der Waals surface area contributed by atoms with Gasteiger partial charge in [-0.2, -0.15) is 0 Å². The number of likely N-dealkylation sites (N-methyl/N-ethyl adjacent to an activating group) is 1. The van der Waals surface area contributed by atoms with Crippen LogP contribution in [-0.4, -0.2) is 50.5 Å². The zero-order valence-electron chi connectivity index (χ0n) is 13.9. The van der Waals surface area contributed by atoms with E-state index in [0.717, 1.165) is 13.1 Å². The predicted octanol–water partition coefficient (Wildman–Crippen LogP) is 3.87.